The van der Waals surface area contributed by atoms with Gasteiger partial charge in [-0.15, -0.1) is 11.3 Å². The van der Waals surface area contributed by atoms with Gasteiger partial charge in [-0.25, -0.2) is 4.98 Å². The van der Waals surface area contributed by atoms with Crippen molar-refractivity contribution in [1.29, 1.82) is 0 Å². The highest BCUT2D eigenvalue weighted by Crippen LogP contribution is 2.32. The lowest BCUT2D eigenvalue weighted by molar-refractivity contribution is -0.143. The van der Waals surface area contributed by atoms with Crippen molar-refractivity contribution in [3.63, 3.8) is 0 Å². The number of hydrogen-bond acceptors (Lipinski definition) is 7. The van der Waals surface area contributed by atoms with Crippen LogP contribution in [0.1, 0.15) is 47.4 Å². The molecule has 0 spiro atoms. The minimum atomic E-state index is -0.817. The molecule has 2 aliphatic rings. The van der Waals surface area contributed by atoms with Gasteiger partial charge in [-0.05, 0) is 47.7 Å². The van der Waals surface area contributed by atoms with Gasteiger partial charge in [0.2, 0.25) is 11.8 Å². The summed E-state index contributed by atoms with van der Waals surface area (Å²) in [6.45, 7) is 6.38. The number of rotatable bonds is 8. The highest BCUT2D eigenvalue weighted by atomic mass is 32.1. The number of nitrogens with one attached hydrogen (secondary N) is 1. The molecule has 1 saturated heterocycles. The molecule has 3 heterocycles. The smallest absolute Gasteiger partial charge is 0.255 e. The molecular formula is C30H34N4O5S. The van der Waals surface area contributed by atoms with Gasteiger partial charge >= 0.3 is 0 Å². The number of carbonyl (C=O) groups is 3. The van der Waals surface area contributed by atoms with Crippen molar-refractivity contribution in [2.45, 2.75) is 58.5 Å². The van der Waals surface area contributed by atoms with Gasteiger partial charge in [0.05, 0.1) is 29.3 Å². The highest BCUT2D eigenvalue weighted by molar-refractivity contribution is 7.13. The first-order valence-electron chi connectivity index (χ1n) is 13.4. The van der Waals surface area contributed by atoms with Gasteiger partial charge in [0.1, 0.15) is 17.8 Å². The summed E-state index contributed by atoms with van der Waals surface area (Å²) in [6.07, 6.45) is -0.664. The maximum absolute atomic E-state index is 13.9. The van der Waals surface area contributed by atoms with Crippen LogP contribution in [0.25, 0.3) is 10.4 Å². The Morgan fingerprint density at radius 1 is 1.20 bits per heavy atom. The number of β-amino-alcohol motifs (C(OH)–C–C–N with tert-alkyl or cyclic N) is 1. The van der Waals surface area contributed by atoms with Gasteiger partial charge in [-0.3, -0.25) is 14.4 Å². The summed E-state index contributed by atoms with van der Waals surface area (Å²) in [6, 6.07) is 11.6. The van der Waals surface area contributed by atoms with Crippen molar-refractivity contribution in [3.8, 4) is 16.2 Å². The molecule has 3 unspecified atom stereocenters. The third kappa shape index (κ3) is 5.33. The molecule has 40 heavy (non-hydrogen) atoms. The molecule has 2 N–H and O–H groups in total. The van der Waals surface area contributed by atoms with Gasteiger partial charge in [-0.1, -0.05) is 38.1 Å². The van der Waals surface area contributed by atoms with Crippen LogP contribution < -0.4 is 10.1 Å². The highest BCUT2D eigenvalue weighted by Gasteiger charge is 2.45. The van der Waals surface area contributed by atoms with Gasteiger partial charge < -0.3 is 25.0 Å². The molecule has 0 radical (unpaired) electrons. The number of aryl methyl sites for hydroxylation is 1. The molecule has 2 aromatic carbocycles. The molecule has 3 atom stereocenters. The predicted molar refractivity (Wildman–Crippen MR) is 152 cm³/mol. The molecule has 3 aromatic rings. The number of amides is 3. The number of aliphatic hydroxyl groups excluding tert-OH is 1. The van der Waals surface area contributed by atoms with E-state index in [0.717, 1.165) is 27.3 Å². The average molecular weight is 563 g/mol. The molecule has 1 aromatic heterocycles. The number of thiazole rings is 1. The quantitative estimate of drug-likeness (QED) is 0.435. The van der Waals surface area contributed by atoms with Crippen LogP contribution in [0.3, 0.4) is 0 Å². The Kier molecular flexibility index (Phi) is 7.91. The SMILES string of the molecule is COc1ccc2c(c1)CN(C(C(=O)N1CC(O)CC1C(=O)NCc1ccc(-c3scnc3C)cc1)C(C)C)C2=O. The van der Waals surface area contributed by atoms with Gasteiger partial charge in [0.15, 0.2) is 0 Å². The van der Waals surface area contributed by atoms with Crippen LogP contribution in [0.2, 0.25) is 0 Å². The minimum absolute atomic E-state index is 0.0475. The fraction of sp³-hybridized carbons (Fsp3) is 0.400. The number of aromatic nitrogens is 1. The summed E-state index contributed by atoms with van der Waals surface area (Å²) in [7, 11) is 1.57. The maximum atomic E-state index is 13.9. The summed E-state index contributed by atoms with van der Waals surface area (Å²) < 4.78 is 5.30. The second-order valence-electron chi connectivity index (χ2n) is 10.7. The zero-order valence-corrected chi connectivity index (χ0v) is 23.9. The Morgan fingerprint density at radius 2 is 1.95 bits per heavy atom. The summed E-state index contributed by atoms with van der Waals surface area (Å²) >= 11 is 1.59. The maximum Gasteiger partial charge on any atom is 0.255 e. The molecule has 5 rings (SSSR count). The van der Waals surface area contributed by atoms with E-state index in [0.29, 0.717) is 17.9 Å². The minimum Gasteiger partial charge on any atom is -0.497 e. The van der Waals surface area contributed by atoms with Crippen molar-refractivity contribution in [2.24, 2.45) is 5.92 Å². The lowest BCUT2D eigenvalue weighted by Crippen LogP contribution is -2.55. The molecule has 0 aliphatic carbocycles. The first kappa shape index (κ1) is 27.8. The molecule has 0 bridgehead atoms. The van der Waals surface area contributed by atoms with E-state index in [1.165, 1.54) is 4.90 Å². The van der Waals surface area contributed by atoms with E-state index in [2.05, 4.69) is 10.3 Å². The van der Waals surface area contributed by atoms with E-state index in [1.807, 2.05) is 56.6 Å². The molecule has 1 fully saturated rings. The molecule has 2 aliphatic heterocycles. The van der Waals surface area contributed by atoms with Crippen molar-refractivity contribution in [2.75, 3.05) is 13.7 Å². The van der Waals surface area contributed by atoms with Gasteiger partial charge in [0.25, 0.3) is 5.91 Å². The first-order valence-corrected chi connectivity index (χ1v) is 14.3. The van der Waals surface area contributed by atoms with E-state index in [-0.39, 0.29) is 43.1 Å². The number of methoxy groups -OCH3 is 1. The topological polar surface area (TPSA) is 112 Å². The summed E-state index contributed by atoms with van der Waals surface area (Å²) in [4.78, 5) is 48.9. The standard InChI is InChI=1S/C30H34N4O5S/c1-17(2)26(34-14-21-11-23(39-4)9-10-24(21)29(34)37)30(38)33-15-22(35)12-25(33)28(36)31-13-19-5-7-20(8-6-19)27-18(3)32-16-40-27/h5-11,16-17,22,25-26,35H,12-15H2,1-4H3,(H,31,36). The molecule has 10 heteroatoms. The third-order valence-corrected chi connectivity index (χ3v) is 8.64. The predicted octanol–water partition coefficient (Wildman–Crippen LogP) is 3.39. The fourth-order valence-corrected chi connectivity index (χ4v) is 6.40. The largest absolute Gasteiger partial charge is 0.497 e. The molecule has 210 valence electrons. The van der Waals surface area contributed by atoms with Crippen LogP contribution in [0.5, 0.6) is 5.75 Å². The number of fused-ring (bicyclic) bond motifs is 1. The van der Waals surface area contributed by atoms with Gasteiger partial charge in [-0.2, -0.15) is 0 Å². The van der Waals surface area contributed by atoms with Crippen molar-refractivity contribution >= 4 is 29.1 Å². The second kappa shape index (κ2) is 11.4. The monoisotopic (exact) mass is 562 g/mol. The normalized spacial score (nSPS) is 19.2. The molecular weight excluding hydrogens is 528 g/mol. The zero-order chi connectivity index (χ0) is 28.6. The number of ether oxygens (including phenoxy) is 1. The first-order chi connectivity index (χ1) is 19.2. The number of nitrogens with zero attached hydrogens (tertiary/aromatic N) is 3. The zero-order valence-electron chi connectivity index (χ0n) is 23.1. The fourth-order valence-electron chi connectivity index (χ4n) is 5.59. The molecule has 9 nitrogen and oxygen atoms in total. The molecule has 3 amide bonds. The Bertz CT molecular complexity index is 1420. The van der Waals surface area contributed by atoms with Gasteiger partial charge in [0, 0.05) is 31.6 Å². The number of likely N-dealkylation sites (tertiary alicyclic amines) is 1. The summed E-state index contributed by atoms with van der Waals surface area (Å²) in [5.41, 5.74) is 6.15. The average Bonchev–Trinajstić information content (AvgIpc) is 3.64. The lowest BCUT2D eigenvalue weighted by Gasteiger charge is -2.35. The lowest BCUT2D eigenvalue weighted by atomic mass is 10.0. The Labute approximate surface area is 237 Å². The Balaban J connectivity index is 1.28. The number of benzene rings is 2. The Morgan fingerprint density at radius 3 is 2.60 bits per heavy atom. The van der Waals surface area contributed by atoms with Crippen molar-refractivity contribution < 1.29 is 24.2 Å². The summed E-state index contributed by atoms with van der Waals surface area (Å²) in [5.74, 6) is -0.426. The van der Waals surface area contributed by atoms with E-state index >= 15 is 0 Å². The summed E-state index contributed by atoms with van der Waals surface area (Å²) in [5, 5.41) is 13.4. The Hall–Kier alpha value is -3.76. The number of carbonyl (C=O) groups excluding carboxylic acids is 3. The van der Waals surface area contributed by atoms with E-state index in [1.54, 1.807) is 35.5 Å². The molecule has 0 saturated carbocycles. The van der Waals surface area contributed by atoms with E-state index < -0.39 is 18.2 Å². The third-order valence-electron chi connectivity index (χ3n) is 7.66. The van der Waals surface area contributed by atoms with Crippen LogP contribution in [0, 0.1) is 12.8 Å². The van der Waals surface area contributed by atoms with Crippen LogP contribution in [0.15, 0.2) is 48.0 Å². The van der Waals surface area contributed by atoms with Crippen molar-refractivity contribution in [1.82, 2.24) is 20.1 Å². The second-order valence-corrected chi connectivity index (χ2v) is 11.6. The van der Waals surface area contributed by atoms with Crippen LogP contribution >= 0.6 is 11.3 Å². The van der Waals surface area contributed by atoms with Crippen molar-refractivity contribution in [3.05, 3.63) is 70.4 Å². The van der Waals surface area contributed by atoms with Crippen LogP contribution in [-0.4, -0.2) is 69.5 Å². The van der Waals surface area contributed by atoms with Crippen LogP contribution in [-0.2, 0) is 22.7 Å². The number of aliphatic hydroxyl groups is 1. The van der Waals surface area contributed by atoms with E-state index in [4.69, 9.17) is 4.74 Å². The van der Waals surface area contributed by atoms with Crippen LogP contribution in [0.4, 0.5) is 0 Å². The van der Waals surface area contributed by atoms with E-state index in [9.17, 15) is 19.5 Å². The number of hydrogen-bond donors (Lipinski definition) is 2.